The summed E-state index contributed by atoms with van der Waals surface area (Å²) >= 11 is 1.29. The topological polar surface area (TPSA) is 51.2 Å². The Labute approximate surface area is 130 Å². The van der Waals surface area contributed by atoms with Crippen LogP contribution < -0.4 is 10.1 Å². The zero-order chi connectivity index (χ0) is 15.9. The number of nitrogens with zero attached hydrogens (tertiary/aromatic N) is 1. The molecule has 2 aromatic rings. The van der Waals surface area contributed by atoms with Crippen molar-refractivity contribution in [1.29, 1.82) is 0 Å². The number of halogens is 2. The van der Waals surface area contributed by atoms with Crippen LogP contribution in [0.2, 0.25) is 0 Å². The number of aromatic nitrogens is 1. The minimum absolute atomic E-state index is 0.179. The largest absolute Gasteiger partial charge is 0.481 e. The molecule has 0 aliphatic carbocycles. The van der Waals surface area contributed by atoms with E-state index < -0.39 is 11.6 Å². The van der Waals surface area contributed by atoms with Crippen LogP contribution in [0.25, 0.3) is 0 Å². The van der Waals surface area contributed by atoms with Gasteiger partial charge in [0, 0.05) is 23.1 Å². The fourth-order valence-corrected chi connectivity index (χ4v) is 2.50. The Morgan fingerprint density at radius 1 is 1.27 bits per heavy atom. The van der Waals surface area contributed by atoms with E-state index in [0.717, 1.165) is 12.1 Å². The van der Waals surface area contributed by atoms with E-state index in [1.807, 2.05) is 0 Å². The van der Waals surface area contributed by atoms with Gasteiger partial charge in [-0.25, -0.2) is 13.8 Å². The lowest BCUT2D eigenvalue weighted by atomic mass is 10.3. The Kier molecular flexibility index (Phi) is 5.71. The molecular weight excluding hydrogens is 310 g/mol. The number of nitrogens with one attached hydrogen (secondary N) is 1. The normalized spacial score (nSPS) is 10.3. The van der Waals surface area contributed by atoms with Gasteiger partial charge in [-0.2, -0.15) is 0 Å². The first-order valence-corrected chi connectivity index (χ1v) is 7.45. The summed E-state index contributed by atoms with van der Waals surface area (Å²) in [5.41, 5.74) is 0.573. The van der Waals surface area contributed by atoms with Gasteiger partial charge in [-0.05, 0) is 24.3 Å². The summed E-state index contributed by atoms with van der Waals surface area (Å²) in [6.07, 6.45) is 1.74. The number of pyridine rings is 1. The number of ether oxygens (including phenoxy) is 1. The SMILES string of the molecule is COc1ccc(NC(=O)CCSc2ccc(F)c(F)c2)cn1. The smallest absolute Gasteiger partial charge is 0.225 e. The summed E-state index contributed by atoms with van der Waals surface area (Å²) in [7, 11) is 1.51. The quantitative estimate of drug-likeness (QED) is 0.827. The van der Waals surface area contributed by atoms with Gasteiger partial charge < -0.3 is 10.1 Å². The number of carbonyl (C=O) groups excluding carboxylic acids is 1. The monoisotopic (exact) mass is 324 g/mol. The van der Waals surface area contributed by atoms with E-state index in [-0.39, 0.29) is 12.3 Å². The molecular formula is C15H14F2N2O2S. The van der Waals surface area contributed by atoms with Crippen molar-refractivity contribution in [1.82, 2.24) is 4.98 Å². The van der Waals surface area contributed by atoms with Crippen molar-refractivity contribution in [3.8, 4) is 5.88 Å². The molecule has 0 fully saturated rings. The third kappa shape index (κ3) is 4.70. The number of methoxy groups -OCH3 is 1. The van der Waals surface area contributed by atoms with E-state index in [4.69, 9.17) is 4.74 Å². The second-order valence-corrected chi connectivity index (χ2v) is 5.48. The number of amides is 1. The molecule has 22 heavy (non-hydrogen) atoms. The first kappa shape index (κ1) is 16.2. The highest BCUT2D eigenvalue weighted by Crippen LogP contribution is 2.21. The summed E-state index contributed by atoms with van der Waals surface area (Å²) < 4.78 is 30.7. The van der Waals surface area contributed by atoms with E-state index in [0.29, 0.717) is 22.2 Å². The van der Waals surface area contributed by atoms with Gasteiger partial charge in [0.2, 0.25) is 11.8 Å². The maximum Gasteiger partial charge on any atom is 0.225 e. The Hall–Kier alpha value is -2.15. The predicted octanol–water partition coefficient (Wildman–Crippen LogP) is 3.49. The number of hydrogen-bond donors (Lipinski definition) is 1. The molecule has 7 heteroatoms. The van der Waals surface area contributed by atoms with Crippen LogP contribution in [0.4, 0.5) is 14.5 Å². The molecule has 0 unspecified atom stereocenters. The molecule has 0 radical (unpaired) electrons. The van der Waals surface area contributed by atoms with E-state index >= 15 is 0 Å². The molecule has 1 heterocycles. The van der Waals surface area contributed by atoms with Crippen LogP contribution in [-0.2, 0) is 4.79 Å². The lowest BCUT2D eigenvalue weighted by molar-refractivity contribution is -0.115. The molecule has 0 bridgehead atoms. The third-order valence-electron chi connectivity index (χ3n) is 2.72. The van der Waals surface area contributed by atoms with Crippen molar-refractivity contribution in [3.05, 3.63) is 48.2 Å². The molecule has 0 saturated carbocycles. The molecule has 1 amide bonds. The van der Waals surface area contributed by atoms with Crippen LogP contribution >= 0.6 is 11.8 Å². The van der Waals surface area contributed by atoms with E-state index in [1.54, 1.807) is 12.1 Å². The van der Waals surface area contributed by atoms with E-state index in [1.165, 1.54) is 31.1 Å². The summed E-state index contributed by atoms with van der Waals surface area (Å²) in [5.74, 6) is -1.03. The number of anilines is 1. The molecule has 2 rings (SSSR count). The molecule has 0 saturated heterocycles. The number of carbonyl (C=O) groups is 1. The van der Waals surface area contributed by atoms with E-state index in [2.05, 4.69) is 10.3 Å². The van der Waals surface area contributed by atoms with Gasteiger partial charge in [0.1, 0.15) is 0 Å². The number of hydrogen-bond acceptors (Lipinski definition) is 4. The van der Waals surface area contributed by atoms with Gasteiger partial charge in [0.15, 0.2) is 11.6 Å². The molecule has 0 spiro atoms. The highest BCUT2D eigenvalue weighted by Gasteiger charge is 2.06. The molecule has 1 aromatic carbocycles. The second kappa shape index (κ2) is 7.74. The Morgan fingerprint density at radius 2 is 2.09 bits per heavy atom. The zero-order valence-corrected chi connectivity index (χ0v) is 12.6. The standard InChI is InChI=1S/C15H14F2N2O2S/c1-21-15-5-2-10(9-18-15)19-14(20)6-7-22-11-3-4-12(16)13(17)8-11/h2-5,8-9H,6-7H2,1H3,(H,19,20). The zero-order valence-electron chi connectivity index (χ0n) is 11.8. The van der Waals surface area contributed by atoms with Crippen molar-refractivity contribution in [2.24, 2.45) is 0 Å². The molecule has 0 atom stereocenters. The van der Waals surface area contributed by atoms with Gasteiger partial charge in [-0.1, -0.05) is 0 Å². The summed E-state index contributed by atoms with van der Waals surface area (Å²) in [5, 5.41) is 2.70. The van der Waals surface area contributed by atoms with E-state index in [9.17, 15) is 13.6 Å². The van der Waals surface area contributed by atoms with Gasteiger partial charge >= 0.3 is 0 Å². The fourth-order valence-electron chi connectivity index (χ4n) is 1.63. The maximum absolute atomic E-state index is 13.0. The molecule has 1 aromatic heterocycles. The minimum atomic E-state index is -0.890. The summed E-state index contributed by atoms with van der Waals surface area (Å²) in [6, 6.07) is 7.00. The third-order valence-corrected chi connectivity index (χ3v) is 3.71. The Balaban J connectivity index is 1.78. The molecule has 0 aliphatic heterocycles. The average Bonchev–Trinajstić information content (AvgIpc) is 2.51. The van der Waals surface area contributed by atoms with Crippen LogP contribution in [0.5, 0.6) is 5.88 Å². The molecule has 0 aliphatic rings. The lowest BCUT2D eigenvalue weighted by Gasteiger charge is -2.06. The predicted molar refractivity (Wildman–Crippen MR) is 81.1 cm³/mol. The molecule has 116 valence electrons. The highest BCUT2D eigenvalue weighted by molar-refractivity contribution is 7.99. The first-order valence-electron chi connectivity index (χ1n) is 6.46. The fraction of sp³-hybridized carbons (Fsp3) is 0.200. The Morgan fingerprint density at radius 3 is 2.73 bits per heavy atom. The van der Waals surface area contributed by atoms with Crippen LogP contribution in [0.3, 0.4) is 0 Å². The number of benzene rings is 1. The minimum Gasteiger partial charge on any atom is -0.481 e. The van der Waals surface area contributed by atoms with Crippen molar-refractivity contribution < 1.29 is 18.3 Å². The number of rotatable bonds is 6. The Bertz CT molecular complexity index is 650. The van der Waals surface area contributed by atoms with Crippen molar-refractivity contribution >= 4 is 23.4 Å². The maximum atomic E-state index is 13.0. The summed E-state index contributed by atoms with van der Waals surface area (Å²) in [6.45, 7) is 0. The van der Waals surface area contributed by atoms with Gasteiger partial charge in [-0.3, -0.25) is 4.79 Å². The number of thioether (sulfide) groups is 1. The van der Waals surface area contributed by atoms with Crippen LogP contribution in [0, 0.1) is 11.6 Å². The van der Waals surface area contributed by atoms with Gasteiger partial charge in [0.25, 0.3) is 0 Å². The first-order chi connectivity index (χ1) is 10.6. The van der Waals surface area contributed by atoms with Crippen LogP contribution in [0.15, 0.2) is 41.4 Å². The van der Waals surface area contributed by atoms with Gasteiger partial charge in [0.05, 0.1) is 19.0 Å². The van der Waals surface area contributed by atoms with Gasteiger partial charge in [-0.15, -0.1) is 11.8 Å². The molecule has 1 N–H and O–H groups in total. The van der Waals surface area contributed by atoms with Crippen LogP contribution in [0.1, 0.15) is 6.42 Å². The lowest BCUT2D eigenvalue weighted by Crippen LogP contribution is -2.12. The molecule has 4 nitrogen and oxygen atoms in total. The highest BCUT2D eigenvalue weighted by atomic mass is 32.2. The van der Waals surface area contributed by atoms with Crippen molar-refractivity contribution in [2.45, 2.75) is 11.3 Å². The summed E-state index contributed by atoms with van der Waals surface area (Å²) in [4.78, 5) is 16.3. The van der Waals surface area contributed by atoms with Crippen LogP contribution in [-0.4, -0.2) is 23.8 Å². The van der Waals surface area contributed by atoms with Crippen molar-refractivity contribution in [2.75, 3.05) is 18.2 Å². The second-order valence-electron chi connectivity index (χ2n) is 4.31. The van der Waals surface area contributed by atoms with Crippen molar-refractivity contribution in [3.63, 3.8) is 0 Å². The average molecular weight is 324 g/mol.